The van der Waals surface area contributed by atoms with Gasteiger partial charge in [0.05, 0.1) is 12.0 Å². The van der Waals surface area contributed by atoms with E-state index < -0.39 is 5.97 Å². The number of nitrogens with zero attached hydrogens (tertiary/aromatic N) is 3. The van der Waals surface area contributed by atoms with Gasteiger partial charge in [0.1, 0.15) is 5.82 Å². The number of halogens is 1. The molecule has 2 fully saturated rings. The predicted molar refractivity (Wildman–Crippen MR) is 96.6 cm³/mol. The number of hydrogen-bond donors (Lipinski definition) is 1. The number of piperidine rings is 1. The second kappa shape index (κ2) is 8.03. The Morgan fingerprint density at radius 2 is 1.62 bits per heavy atom. The van der Waals surface area contributed by atoms with Crippen LogP contribution in [0.25, 0.3) is 0 Å². The maximum Gasteiger partial charge on any atom is 0.306 e. The summed E-state index contributed by atoms with van der Waals surface area (Å²) in [5.74, 6) is -1.24. The molecule has 0 bridgehead atoms. The number of anilines is 1. The van der Waals surface area contributed by atoms with E-state index in [0.717, 1.165) is 31.9 Å². The summed E-state index contributed by atoms with van der Waals surface area (Å²) >= 11 is 0. The molecule has 0 aromatic heterocycles. The van der Waals surface area contributed by atoms with Crippen LogP contribution in [0.5, 0.6) is 0 Å². The van der Waals surface area contributed by atoms with Crippen LogP contribution in [0.4, 0.5) is 10.1 Å². The van der Waals surface area contributed by atoms with Gasteiger partial charge in [0.25, 0.3) is 0 Å². The molecule has 1 aromatic rings. The van der Waals surface area contributed by atoms with E-state index >= 15 is 0 Å². The molecule has 1 N–H and O–H groups in total. The predicted octanol–water partition coefficient (Wildman–Crippen LogP) is 1.66. The van der Waals surface area contributed by atoms with Gasteiger partial charge in [0, 0.05) is 45.0 Å². The van der Waals surface area contributed by atoms with E-state index in [-0.39, 0.29) is 23.7 Å². The first kappa shape index (κ1) is 18.6. The van der Waals surface area contributed by atoms with Crippen LogP contribution in [0.2, 0.25) is 0 Å². The van der Waals surface area contributed by atoms with Gasteiger partial charge in [-0.3, -0.25) is 14.5 Å². The van der Waals surface area contributed by atoms with Crippen LogP contribution in [-0.2, 0) is 9.59 Å². The number of carboxylic acid groups (broad SMARTS) is 1. The number of hydrogen-bond acceptors (Lipinski definition) is 4. The van der Waals surface area contributed by atoms with Crippen molar-refractivity contribution in [2.24, 2.45) is 5.92 Å². The van der Waals surface area contributed by atoms with Crippen molar-refractivity contribution < 1.29 is 19.1 Å². The van der Waals surface area contributed by atoms with Crippen molar-refractivity contribution in [2.75, 3.05) is 44.2 Å². The summed E-state index contributed by atoms with van der Waals surface area (Å²) in [4.78, 5) is 30.0. The van der Waals surface area contributed by atoms with Crippen molar-refractivity contribution in [2.45, 2.75) is 25.8 Å². The van der Waals surface area contributed by atoms with Gasteiger partial charge in [-0.15, -0.1) is 0 Å². The van der Waals surface area contributed by atoms with E-state index in [2.05, 4.69) is 9.80 Å². The summed E-state index contributed by atoms with van der Waals surface area (Å²) in [6.45, 7) is 6.12. The summed E-state index contributed by atoms with van der Waals surface area (Å²) in [6.07, 6.45) is 1.07. The molecule has 2 aliphatic heterocycles. The first-order valence-electron chi connectivity index (χ1n) is 9.22. The minimum absolute atomic E-state index is 0.0871. The molecule has 142 valence electrons. The van der Waals surface area contributed by atoms with E-state index in [1.165, 1.54) is 12.1 Å². The lowest BCUT2D eigenvalue weighted by atomic mass is 9.96. The highest BCUT2D eigenvalue weighted by Crippen LogP contribution is 2.21. The van der Waals surface area contributed by atoms with E-state index in [1.807, 2.05) is 6.92 Å². The Labute approximate surface area is 153 Å². The van der Waals surface area contributed by atoms with Crippen LogP contribution in [0, 0.1) is 11.7 Å². The monoisotopic (exact) mass is 363 g/mol. The number of rotatable bonds is 4. The summed E-state index contributed by atoms with van der Waals surface area (Å²) in [6, 6.07) is 6.30. The number of carbonyl (C=O) groups is 2. The maximum atomic E-state index is 13.1. The lowest BCUT2D eigenvalue weighted by Crippen LogP contribution is -2.55. The van der Waals surface area contributed by atoms with Crippen molar-refractivity contribution >= 4 is 17.6 Å². The Balaban J connectivity index is 1.50. The number of piperazine rings is 1. The fourth-order valence-corrected chi connectivity index (χ4v) is 3.79. The van der Waals surface area contributed by atoms with Crippen molar-refractivity contribution in [3.63, 3.8) is 0 Å². The molecule has 0 aliphatic carbocycles. The molecule has 26 heavy (non-hydrogen) atoms. The van der Waals surface area contributed by atoms with Gasteiger partial charge in [-0.2, -0.15) is 0 Å². The Hall–Kier alpha value is -2.15. The molecule has 1 amide bonds. The average molecular weight is 363 g/mol. The number of carboxylic acids is 1. The molecule has 1 atom stereocenters. The SMILES string of the molecule is CC(C(=O)N1CCC(C(=O)O)CC1)N1CCN(c2ccc(F)cc2)CC1. The quantitative estimate of drug-likeness (QED) is 0.881. The average Bonchev–Trinajstić information content (AvgIpc) is 2.67. The van der Waals surface area contributed by atoms with Crippen molar-refractivity contribution in [3.05, 3.63) is 30.1 Å². The second-order valence-corrected chi connectivity index (χ2v) is 7.11. The number of likely N-dealkylation sites (tertiary alicyclic amines) is 1. The molecule has 0 spiro atoms. The number of amides is 1. The molecule has 1 unspecified atom stereocenters. The van der Waals surface area contributed by atoms with Gasteiger partial charge < -0.3 is 14.9 Å². The van der Waals surface area contributed by atoms with Gasteiger partial charge in [-0.1, -0.05) is 0 Å². The Kier molecular flexibility index (Phi) is 5.76. The smallest absolute Gasteiger partial charge is 0.306 e. The Morgan fingerprint density at radius 1 is 1.04 bits per heavy atom. The zero-order chi connectivity index (χ0) is 18.7. The van der Waals surface area contributed by atoms with E-state index in [9.17, 15) is 14.0 Å². The zero-order valence-electron chi connectivity index (χ0n) is 15.1. The van der Waals surface area contributed by atoms with Crippen LogP contribution < -0.4 is 4.90 Å². The number of aliphatic carboxylic acids is 1. The van der Waals surface area contributed by atoms with E-state index in [0.29, 0.717) is 25.9 Å². The third-order valence-electron chi connectivity index (χ3n) is 5.57. The molecule has 1 aromatic carbocycles. The Morgan fingerprint density at radius 3 is 2.15 bits per heavy atom. The van der Waals surface area contributed by atoms with Crippen molar-refractivity contribution in [1.29, 1.82) is 0 Å². The first-order valence-corrected chi connectivity index (χ1v) is 9.22. The van der Waals surface area contributed by atoms with E-state index in [1.54, 1.807) is 17.0 Å². The minimum atomic E-state index is -0.762. The third-order valence-corrected chi connectivity index (χ3v) is 5.57. The molecule has 2 aliphatic rings. The summed E-state index contributed by atoms with van der Waals surface area (Å²) in [5, 5.41) is 9.07. The molecular formula is C19H26FN3O3. The van der Waals surface area contributed by atoms with Gasteiger partial charge in [-0.05, 0) is 44.0 Å². The van der Waals surface area contributed by atoms with Gasteiger partial charge in [-0.25, -0.2) is 4.39 Å². The molecule has 2 heterocycles. The number of carbonyl (C=O) groups excluding carboxylic acids is 1. The minimum Gasteiger partial charge on any atom is -0.481 e. The normalized spacial score (nSPS) is 20.8. The molecule has 6 nitrogen and oxygen atoms in total. The van der Waals surface area contributed by atoms with Crippen LogP contribution in [-0.4, -0.2) is 72.1 Å². The molecule has 0 radical (unpaired) electrons. The fourth-order valence-electron chi connectivity index (χ4n) is 3.79. The fraction of sp³-hybridized carbons (Fsp3) is 0.579. The lowest BCUT2D eigenvalue weighted by Gasteiger charge is -2.40. The summed E-state index contributed by atoms with van der Waals surface area (Å²) < 4.78 is 13.1. The topological polar surface area (TPSA) is 64.1 Å². The second-order valence-electron chi connectivity index (χ2n) is 7.11. The standard InChI is InChI=1S/C19H26FN3O3/c1-14(18(24)23-8-6-15(7-9-23)19(25)26)21-10-12-22(13-11-21)17-4-2-16(20)3-5-17/h2-5,14-15H,6-13H2,1H3,(H,25,26). The largest absolute Gasteiger partial charge is 0.481 e. The highest BCUT2D eigenvalue weighted by atomic mass is 19.1. The van der Waals surface area contributed by atoms with Crippen LogP contribution in [0.3, 0.4) is 0 Å². The van der Waals surface area contributed by atoms with Crippen LogP contribution in [0.1, 0.15) is 19.8 Å². The zero-order valence-corrected chi connectivity index (χ0v) is 15.1. The number of benzene rings is 1. The first-order chi connectivity index (χ1) is 12.5. The highest BCUT2D eigenvalue weighted by Gasteiger charge is 2.32. The molecule has 2 saturated heterocycles. The molecule has 3 rings (SSSR count). The van der Waals surface area contributed by atoms with Crippen LogP contribution in [0.15, 0.2) is 24.3 Å². The van der Waals surface area contributed by atoms with E-state index in [4.69, 9.17) is 5.11 Å². The van der Waals surface area contributed by atoms with Gasteiger partial charge in [0.2, 0.25) is 5.91 Å². The van der Waals surface area contributed by atoms with Gasteiger partial charge >= 0.3 is 5.97 Å². The highest BCUT2D eigenvalue weighted by molar-refractivity contribution is 5.82. The molecule has 7 heteroatoms. The Bertz CT molecular complexity index is 636. The summed E-state index contributed by atoms with van der Waals surface area (Å²) in [5.41, 5.74) is 1.00. The third kappa shape index (κ3) is 4.15. The lowest BCUT2D eigenvalue weighted by molar-refractivity contribution is -0.147. The van der Waals surface area contributed by atoms with Crippen molar-refractivity contribution in [3.8, 4) is 0 Å². The van der Waals surface area contributed by atoms with Crippen molar-refractivity contribution in [1.82, 2.24) is 9.80 Å². The van der Waals surface area contributed by atoms with Crippen LogP contribution >= 0.6 is 0 Å². The summed E-state index contributed by atoms with van der Waals surface area (Å²) in [7, 11) is 0. The maximum absolute atomic E-state index is 13.1. The van der Waals surface area contributed by atoms with Gasteiger partial charge in [0.15, 0.2) is 0 Å². The molecular weight excluding hydrogens is 337 g/mol. The molecule has 0 saturated carbocycles.